The van der Waals surface area contributed by atoms with E-state index in [0.717, 1.165) is 16.4 Å². The first-order valence-corrected chi connectivity index (χ1v) is 7.76. The zero-order valence-corrected chi connectivity index (χ0v) is 13.4. The van der Waals surface area contributed by atoms with E-state index in [4.69, 9.17) is 11.5 Å². The summed E-state index contributed by atoms with van der Waals surface area (Å²) in [7, 11) is 0. The lowest BCUT2D eigenvalue weighted by Gasteiger charge is -2.04. The average molecular weight is 329 g/mol. The molecule has 23 heavy (non-hydrogen) atoms. The lowest BCUT2D eigenvalue weighted by atomic mass is 10.4. The van der Waals surface area contributed by atoms with Crippen molar-refractivity contribution >= 4 is 23.7 Å². The molecule has 3 heterocycles. The van der Waals surface area contributed by atoms with Crippen molar-refractivity contribution in [1.29, 1.82) is 0 Å². The summed E-state index contributed by atoms with van der Waals surface area (Å²) < 4.78 is 1.75. The van der Waals surface area contributed by atoms with E-state index in [1.165, 1.54) is 11.8 Å². The molecule has 0 atom stereocenters. The molecule has 0 aliphatic carbocycles. The van der Waals surface area contributed by atoms with E-state index in [9.17, 15) is 0 Å². The number of hydrogen-bond donors (Lipinski definition) is 2. The van der Waals surface area contributed by atoms with Gasteiger partial charge in [0.05, 0.1) is 11.4 Å². The van der Waals surface area contributed by atoms with Gasteiger partial charge in [0.1, 0.15) is 10.9 Å². The van der Waals surface area contributed by atoms with Crippen molar-refractivity contribution in [3.63, 3.8) is 0 Å². The highest BCUT2D eigenvalue weighted by Gasteiger charge is 2.07. The molecule has 0 saturated carbocycles. The molecule has 0 aromatic carbocycles. The molecule has 3 aromatic heterocycles. The maximum atomic E-state index is 5.54. The van der Waals surface area contributed by atoms with Gasteiger partial charge >= 0.3 is 0 Å². The van der Waals surface area contributed by atoms with Gasteiger partial charge in [-0.05, 0) is 32.0 Å². The fourth-order valence-corrected chi connectivity index (χ4v) is 2.69. The summed E-state index contributed by atoms with van der Waals surface area (Å²) in [6.45, 7) is 3.91. The van der Waals surface area contributed by atoms with Crippen LogP contribution in [-0.2, 0) is 5.75 Å². The minimum atomic E-state index is 0.110. The number of aromatic nitrogens is 7. The summed E-state index contributed by atoms with van der Waals surface area (Å²) in [6.07, 6.45) is 0. The molecule has 118 valence electrons. The van der Waals surface area contributed by atoms with Crippen LogP contribution in [0.15, 0.2) is 23.2 Å². The van der Waals surface area contributed by atoms with E-state index in [0.29, 0.717) is 17.4 Å². The van der Waals surface area contributed by atoms with Crippen LogP contribution in [0.5, 0.6) is 0 Å². The van der Waals surface area contributed by atoms with Crippen molar-refractivity contribution in [2.24, 2.45) is 0 Å². The number of nitrogen functional groups attached to an aromatic ring is 2. The zero-order valence-electron chi connectivity index (χ0n) is 12.6. The van der Waals surface area contributed by atoms with E-state index in [-0.39, 0.29) is 11.9 Å². The van der Waals surface area contributed by atoms with E-state index in [1.807, 2.05) is 32.0 Å². The van der Waals surface area contributed by atoms with Crippen LogP contribution in [0, 0.1) is 13.8 Å². The van der Waals surface area contributed by atoms with Crippen LogP contribution < -0.4 is 11.5 Å². The van der Waals surface area contributed by atoms with Crippen LogP contribution in [0.25, 0.3) is 5.82 Å². The van der Waals surface area contributed by atoms with E-state index in [2.05, 4.69) is 30.2 Å². The van der Waals surface area contributed by atoms with Gasteiger partial charge in [-0.25, -0.2) is 4.68 Å². The van der Waals surface area contributed by atoms with Gasteiger partial charge in [-0.15, -0.1) is 10.2 Å². The molecule has 3 rings (SSSR count). The van der Waals surface area contributed by atoms with Gasteiger partial charge in [0.2, 0.25) is 11.9 Å². The largest absolute Gasteiger partial charge is 0.368 e. The lowest BCUT2D eigenvalue weighted by Crippen LogP contribution is -2.06. The predicted octanol–water partition coefficient (Wildman–Crippen LogP) is 0.921. The van der Waals surface area contributed by atoms with Crippen molar-refractivity contribution in [1.82, 2.24) is 34.9 Å². The molecule has 3 aromatic rings. The van der Waals surface area contributed by atoms with Crippen LogP contribution >= 0.6 is 11.8 Å². The second kappa shape index (κ2) is 6.16. The third-order valence-electron chi connectivity index (χ3n) is 2.92. The second-order valence-corrected chi connectivity index (χ2v) is 5.82. The number of nitrogens with zero attached hydrogens (tertiary/aromatic N) is 7. The standard InChI is InChI=1S/C13H15N9S/c1-7-5-8(2)22(21-7)10-3-4-11(20-19-10)23-6-9-16-12(14)18-13(15)17-9/h3-5H,6H2,1-2H3,(H4,14,15,16,17,18). The minimum absolute atomic E-state index is 0.110. The van der Waals surface area contributed by atoms with Crippen LogP contribution in [0.2, 0.25) is 0 Å². The average Bonchev–Trinajstić information content (AvgIpc) is 2.83. The van der Waals surface area contributed by atoms with Crippen molar-refractivity contribution in [3.8, 4) is 5.82 Å². The zero-order chi connectivity index (χ0) is 16.4. The minimum Gasteiger partial charge on any atom is -0.368 e. The third-order valence-corrected chi connectivity index (χ3v) is 3.83. The van der Waals surface area contributed by atoms with Crippen LogP contribution in [0.1, 0.15) is 17.2 Å². The quantitative estimate of drug-likeness (QED) is 0.670. The first-order valence-electron chi connectivity index (χ1n) is 6.77. The fourth-order valence-electron chi connectivity index (χ4n) is 2.02. The van der Waals surface area contributed by atoms with E-state index < -0.39 is 0 Å². The predicted molar refractivity (Wildman–Crippen MR) is 86.8 cm³/mol. The Morgan fingerprint density at radius 3 is 2.35 bits per heavy atom. The first kappa shape index (κ1) is 15.2. The van der Waals surface area contributed by atoms with Crippen molar-refractivity contribution in [2.75, 3.05) is 11.5 Å². The van der Waals surface area contributed by atoms with E-state index in [1.54, 1.807) is 4.68 Å². The van der Waals surface area contributed by atoms with Crippen molar-refractivity contribution in [2.45, 2.75) is 24.6 Å². The highest BCUT2D eigenvalue weighted by molar-refractivity contribution is 7.98. The number of rotatable bonds is 4. The Morgan fingerprint density at radius 1 is 1.04 bits per heavy atom. The number of nitrogens with two attached hydrogens (primary N) is 2. The fraction of sp³-hybridized carbons (Fsp3) is 0.231. The number of anilines is 2. The Hall–Kier alpha value is -2.75. The Morgan fingerprint density at radius 2 is 1.78 bits per heavy atom. The van der Waals surface area contributed by atoms with Gasteiger partial charge in [-0.1, -0.05) is 11.8 Å². The molecule has 0 aliphatic heterocycles. The van der Waals surface area contributed by atoms with Gasteiger partial charge in [-0.2, -0.15) is 20.1 Å². The molecule has 0 radical (unpaired) electrons. The Balaban J connectivity index is 1.71. The molecule has 0 amide bonds. The maximum absolute atomic E-state index is 5.54. The van der Waals surface area contributed by atoms with Crippen molar-refractivity contribution in [3.05, 3.63) is 35.4 Å². The number of hydrogen-bond acceptors (Lipinski definition) is 9. The number of thioether (sulfide) groups is 1. The summed E-state index contributed by atoms with van der Waals surface area (Å²) in [5.41, 5.74) is 13.0. The lowest BCUT2D eigenvalue weighted by molar-refractivity contribution is 0.765. The molecule has 0 fully saturated rings. The molecule has 0 unspecified atom stereocenters. The normalized spacial score (nSPS) is 10.9. The SMILES string of the molecule is Cc1cc(C)n(-c2ccc(SCc3nc(N)nc(N)n3)nn2)n1. The second-order valence-electron chi connectivity index (χ2n) is 4.83. The van der Waals surface area contributed by atoms with Crippen LogP contribution in [-0.4, -0.2) is 34.9 Å². The van der Waals surface area contributed by atoms with Gasteiger partial charge < -0.3 is 11.5 Å². The molecular formula is C13H15N9S. The smallest absolute Gasteiger partial charge is 0.225 e. The molecule has 9 nitrogen and oxygen atoms in total. The summed E-state index contributed by atoms with van der Waals surface area (Å²) in [6, 6.07) is 5.72. The molecular weight excluding hydrogens is 314 g/mol. The molecule has 0 spiro atoms. The summed E-state index contributed by atoms with van der Waals surface area (Å²) in [5.74, 6) is 1.88. The monoisotopic (exact) mass is 329 g/mol. The van der Waals surface area contributed by atoms with Crippen molar-refractivity contribution < 1.29 is 0 Å². The van der Waals surface area contributed by atoms with Gasteiger partial charge in [-0.3, -0.25) is 0 Å². The summed E-state index contributed by atoms with van der Waals surface area (Å²) in [5, 5.41) is 13.5. The van der Waals surface area contributed by atoms with E-state index >= 15 is 0 Å². The highest BCUT2D eigenvalue weighted by atomic mass is 32.2. The summed E-state index contributed by atoms with van der Waals surface area (Å²) in [4.78, 5) is 11.8. The van der Waals surface area contributed by atoms with Gasteiger partial charge in [0.25, 0.3) is 0 Å². The molecule has 4 N–H and O–H groups in total. The third kappa shape index (κ3) is 3.54. The first-order chi connectivity index (χ1) is 11.0. The van der Waals surface area contributed by atoms with Crippen LogP contribution in [0.3, 0.4) is 0 Å². The molecule has 0 saturated heterocycles. The van der Waals surface area contributed by atoms with Gasteiger partial charge in [0, 0.05) is 5.69 Å². The maximum Gasteiger partial charge on any atom is 0.225 e. The highest BCUT2D eigenvalue weighted by Crippen LogP contribution is 2.19. The summed E-state index contributed by atoms with van der Waals surface area (Å²) >= 11 is 1.44. The van der Waals surface area contributed by atoms with Crippen LogP contribution in [0.4, 0.5) is 11.9 Å². The van der Waals surface area contributed by atoms with Gasteiger partial charge in [0.15, 0.2) is 5.82 Å². The number of aryl methyl sites for hydroxylation is 2. The molecule has 0 bridgehead atoms. The molecule has 10 heteroatoms. The Kier molecular flexibility index (Phi) is 4.06. The Bertz CT molecular complexity index is 808. The topological polar surface area (TPSA) is 134 Å². The molecule has 0 aliphatic rings. The Labute approximate surface area is 136 Å².